The summed E-state index contributed by atoms with van der Waals surface area (Å²) in [6.45, 7) is 0. The van der Waals surface area contributed by atoms with Crippen LogP contribution in [0.25, 0.3) is 0 Å². The number of carbonyl (C=O) groups is 1. The van der Waals surface area contributed by atoms with E-state index in [-0.39, 0.29) is 5.75 Å². The molecule has 2 N–H and O–H groups in total. The highest BCUT2D eigenvalue weighted by atomic mass is 19.1. The third-order valence-electron chi connectivity index (χ3n) is 2.73. The van der Waals surface area contributed by atoms with Crippen LogP contribution in [-0.2, 0) is 0 Å². The highest BCUT2D eigenvalue weighted by Gasteiger charge is 2.17. The zero-order valence-electron chi connectivity index (χ0n) is 12.8. The molecule has 8 heteroatoms. The minimum absolute atomic E-state index is 0.199. The summed E-state index contributed by atoms with van der Waals surface area (Å²) in [5.74, 6) is -4.68. The average molecular weight is 338 g/mol. The fraction of sp³-hybridized carbons (Fsp3) is 0.125. The van der Waals surface area contributed by atoms with Gasteiger partial charge >= 0.3 is 5.97 Å². The van der Waals surface area contributed by atoms with Crippen molar-refractivity contribution in [3.05, 3.63) is 58.9 Å². The predicted octanol–water partition coefficient (Wildman–Crippen LogP) is 2.78. The minimum Gasteiger partial charge on any atom is -0.497 e. The van der Waals surface area contributed by atoms with E-state index in [1.165, 1.54) is 26.3 Å². The molecule has 0 saturated heterocycles. The number of methoxy groups -OCH3 is 1. The quantitative estimate of drug-likeness (QED) is 0.687. The minimum atomic E-state index is -1.18. The summed E-state index contributed by atoms with van der Waals surface area (Å²) in [6.07, 6.45) is 0. The maximum atomic E-state index is 13.7. The number of esters is 1. The maximum absolute atomic E-state index is 13.7. The number of benzene rings is 2. The van der Waals surface area contributed by atoms with E-state index in [0.29, 0.717) is 12.1 Å². The lowest BCUT2D eigenvalue weighted by Crippen LogP contribution is -2.11. The predicted molar refractivity (Wildman–Crippen MR) is 79.1 cm³/mol. The van der Waals surface area contributed by atoms with E-state index in [0.717, 1.165) is 12.1 Å². The molecule has 24 heavy (non-hydrogen) atoms. The second kappa shape index (κ2) is 8.55. The Morgan fingerprint density at radius 3 is 2.04 bits per heavy atom. The third kappa shape index (κ3) is 4.24. The molecular formula is C16H13F3N2O3. The zero-order valence-corrected chi connectivity index (χ0v) is 12.8. The van der Waals surface area contributed by atoms with Gasteiger partial charge in [0.1, 0.15) is 40.6 Å². The molecule has 0 saturated carbocycles. The van der Waals surface area contributed by atoms with E-state index in [4.69, 9.17) is 14.7 Å². The summed E-state index contributed by atoms with van der Waals surface area (Å²) in [5.41, 5.74) is 3.28. The van der Waals surface area contributed by atoms with Gasteiger partial charge in [-0.3, -0.25) is 0 Å². The van der Waals surface area contributed by atoms with Crippen molar-refractivity contribution in [3.63, 3.8) is 0 Å². The van der Waals surface area contributed by atoms with E-state index >= 15 is 0 Å². The van der Waals surface area contributed by atoms with Gasteiger partial charge in [0, 0.05) is 18.2 Å². The molecule has 2 aromatic carbocycles. The number of hydrogen-bond donors (Lipinski definition) is 1. The smallest absolute Gasteiger partial charge is 0.346 e. The van der Waals surface area contributed by atoms with Crippen LogP contribution < -0.4 is 15.2 Å². The van der Waals surface area contributed by atoms with Gasteiger partial charge in [0.25, 0.3) is 0 Å². The average Bonchev–Trinajstić information content (AvgIpc) is 2.56. The van der Waals surface area contributed by atoms with Gasteiger partial charge in [-0.15, -0.1) is 0 Å². The van der Waals surface area contributed by atoms with Gasteiger partial charge in [-0.1, -0.05) is 0 Å². The Bertz CT molecular complexity index is 766. The molecule has 2 aromatic rings. The van der Waals surface area contributed by atoms with Crippen LogP contribution in [0.15, 0.2) is 30.3 Å². The van der Waals surface area contributed by atoms with Crippen LogP contribution in [0.4, 0.5) is 13.2 Å². The van der Waals surface area contributed by atoms with Crippen molar-refractivity contribution >= 4 is 5.97 Å². The summed E-state index contributed by atoms with van der Waals surface area (Å²) in [5, 5.41) is 8.54. The van der Waals surface area contributed by atoms with Crippen molar-refractivity contribution in [2.24, 2.45) is 5.73 Å². The Hall–Kier alpha value is -3.05. The summed E-state index contributed by atoms with van der Waals surface area (Å²) in [7, 11) is 2.83. The number of nitrogens with zero attached hydrogens (tertiary/aromatic N) is 1. The highest BCUT2D eigenvalue weighted by Crippen LogP contribution is 2.22. The second-order valence-electron chi connectivity index (χ2n) is 4.11. The number of ether oxygens (including phenoxy) is 2. The number of nitrogens with two attached hydrogens (primary N) is 1. The van der Waals surface area contributed by atoms with Gasteiger partial charge < -0.3 is 15.2 Å². The fourth-order valence-electron chi connectivity index (χ4n) is 1.67. The van der Waals surface area contributed by atoms with Crippen molar-refractivity contribution in [2.75, 3.05) is 14.2 Å². The molecule has 0 spiro atoms. The topological polar surface area (TPSA) is 85.3 Å². The number of nitriles is 1. The normalized spacial score (nSPS) is 9.38. The van der Waals surface area contributed by atoms with E-state index in [1.54, 1.807) is 0 Å². The lowest BCUT2D eigenvalue weighted by molar-refractivity contribution is 0.0729. The first-order chi connectivity index (χ1) is 11.5. The molecule has 0 aliphatic rings. The van der Waals surface area contributed by atoms with E-state index in [1.807, 2.05) is 0 Å². The molecule has 0 unspecified atom stereocenters. The molecule has 126 valence electrons. The molecule has 0 heterocycles. The van der Waals surface area contributed by atoms with Gasteiger partial charge in [-0.25, -0.2) is 18.0 Å². The first-order valence-corrected chi connectivity index (χ1v) is 6.49. The SMILES string of the molecule is CN.COc1ccc(C(=O)Oc2cc(F)c(C#N)c(F)c2)c(F)c1. The van der Waals surface area contributed by atoms with Gasteiger partial charge in [0.05, 0.1) is 12.7 Å². The van der Waals surface area contributed by atoms with Crippen molar-refractivity contribution in [1.82, 2.24) is 0 Å². The number of halogens is 3. The molecule has 0 radical (unpaired) electrons. The molecule has 0 atom stereocenters. The van der Waals surface area contributed by atoms with E-state index in [9.17, 15) is 18.0 Å². The van der Waals surface area contributed by atoms with Gasteiger partial charge in [-0.05, 0) is 19.2 Å². The van der Waals surface area contributed by atoms with Crippen LogP contribution >= 0.6 is 0 Å². The molecule has 0 fully saturated rings. The summed E-state index contributed by atoms with van der Waals surface area (Å²) in [4.78, 5) is 11.8. The Kier molecular flexibility index (Phi) is 6.77. The molecule has 0 amide bonds. The number of rotatable bonds is 3. The monoisotopic (exact) mass is 338 g/mol. The Morgan fingerprint density at radius 1 is 1.04 bits per heavy atom. The first-order valence-electron chi connectivity index (χ1n) is 6.49. The molecule has 0 aromatic heterocycles. The standard InChI is InChI=1S/C15H8F3NO3.CH5N/c1-21-8-2-3-10(12(16)4-8)15(20)22-9-5-13(17)11(7-19)14(18)6-9;1-2/h2-6H,1H3;2H2,1H3. The van der Waals surface area contributed by atoms with Crippen LogP contribution in [0, 0.1) is 28.8 Å². The van der Waals surface area contributed by atoms with Crippen LogP contribution in [0.3, 0.4) is 0 Å². The fourth-order valence-corrected chi connectivity index (χ4v) is 1.67. The van der Waals surface area contributed by atoms with Gasteiger partial charge in [0.15, 0.2) is 0 Å². The van der Waals surface area contributed by atoms with Crippen LogP contribution in [0.5, 0.6) is 11.5 Å². The number of hydrogen-bond acceptors (Lipinski definition) is 5. The van der Waals surface area contributed by atoms with Gasteiger partial charge in [-0.2, -0.15) is 5.26 Å². The summed E-state index contributed by atoms with van der Waals surface area (Å²) >= 11 is 0. The molecular weight excluding hydrogens is 325 g/mol. The van der Waals surface area contributed by atoms with Crippen LogP contribution in [0.1, 0.15) is 15.9 Å². The van der Waals surface area contributed by atoms with Crippen molar-refractivity contribution < 1.29 is 27.4 Å². The summed E-state index contributed by atoms with van der Waals surface area (Å²) < 4.78 is 50.0. The Balaban J connectivity index is 0.00000139. The molecule has 0 aliphatic carbocycles. The molecule has 0 aliphatic heterocycles. The number of carbonyl (C=O) groups excluding carboxylic acids is 1. The van der Waals surface area contributed by atoms with Crippen molar-refractivity contribution in [2.45, 2.75) is 0 Å². The summed E-state index contributed by atoms with van der Waals surface area (Å²) in [6, 6.07) is 6.09. The largest absolute Gasteiger partial charge is 0.497 e. The molecule has 0 bridgehead atoms. The third-order valence-corrected chi connectivity index (χ3v) is 2.73. The van der Waals surface area contributed by atoms with E-state index in [2.05, 4.69) is 5.73 Å². The lowest BCUT2D eigenvalue weighted by atomic mass is 10.2. The highest BCUT2D eigenvalue weighted by molar-refractivity contribution is 5.91. The maximum Gasteiger partial charge on any atom is 0.346 e. The lowest BCUT2D eigenvalue weighted by Gasteiger charge is -2.07. The molecule has 2 rings (SSSR count). The van der Waals surface area contributed by atoms with Crippen LogP contribution in [-0.4, -0.2) is 20.1 Å². The van der Waals surface area contributed by atoms with Gasteiger partial charge in [0.2, 0.25) is 0 Å². The Morgan fingerprint density at radius 2 is 1.58 bits per heavy atom. The van der Waals surface area contributed by atoms with E-state index < -0.39 is 40.3 Å². The second-order valence-corrected chi connectivity index (χ2v) is 4.11. The molecule has 5 nitrogen and oxygen atoms in total. The first kappa shape index (κ1) is 19.0. The zero-order chi connectivity index (χ0) is 18.3. The van der Waals surface area contributed by atoms with Crippen LogP contribution in [0.2, 0.25) is 0 Å². The Labute approximate surface area is 136 Å². The van der Waals surface area contributed by atoms with Crippen molar-refractivity contribution in [1.29, 1.82) is 5.26 Å². The van der Waals surface area contributed by atoms with Crippen molar-refractivity contribution in [3.8, 4) is 17.6 Å².